The van der Waals surface area contributed by atoms with Crippen LogP contribution in [0.1, 0.15) is 15.9 Å². The molecule has 0 spiro atoms. The molecule has 36 heavy (non-hydrogen) atoms. The van der Waals surface area contributed by atoms with Crippen molar-refractivity contribution in [2.45, 2.75) is 6.61 Å². The SMILES string of the molecule is COC(=O)c1c(OC)c(-c2ccc(F)cc2)cc(OC)c1-c1ccc(OCc2ccccc2)c(O)c1. The molecule has 0 atom stereocenters. The van der Waals surface area contributed by atoms with Crippen LogP contribution in [0.3, 0.4) is 0 Å². The van der Waals surface area contributed by atoms with E-state index < -0.39 is 5.97 Å². The summed E-state index contributed by atoms with van der Waals surface area (Å²) in [5, 5.41) is 10.7. The van der Waals surface area contributed by atoms with Crippen molar-refractivity contribution in [1.29, 1.82) is 0 Å². The van der Waals surface area contributed by atoms with E-state index in [1.165, 1.54) is 39.5 Å². The van der Waals surface area contributed by atoms with Crippen molar-refractivity contribution in [3.63, 3.8) is 0 Å². The van der Waals surface area contributed by atoms with Crippen LogP contribution >= 0.6 is 0 Å². The molecule has 0 aromatic heterocycles. The smallest absolute Gasteiger partial charge is 0.342 e. The van der Waals surface area contributed by atoms with Gasteiger partial charge in [-0.05, 0) is 47.0 Å². The van der Waals surface area contributed by atoms with E-state index in [1.54, 1.807) is 30.3 Å². The molecule has 0 aliphatic rings. The summed E-state index contributed by atoms with van der Waals surface area (Å²) in [4.78, 5) is 13.0. The molecule has 0 heterocycles. The van der Waals surface area contributed by atoms with Crippen LogP contribution < -0.4 is 14.2 Å². The van der Waals surface area contributed by atoms with Gasteiger partial charge in [-0.15, -0.1) is 0 Å². The molecule has 0 radical (unpaired) electrons. The molecular formula is C29H25FO6. The number of phenolic OH excluding ortho intramolecular Hbond substituents is 1. The van der Waals surface area contributed by atoms with Crippen molar-refractivity contribution in [3.05, 3.63) is 95.8 Å². The lowest BCUT2D eigenvalue weighted by atomic mass is 9.92. The second-order valence-electron chi connectivity index (χ2n) is 7.86. The third-order valence-electron chi connectivity index (χ3n) is 5.70. The third-order valence-corrected chi connectivity index (χ3v) is 5.70. The summed E-state index contributed by atoms with van der Waals surface area (Å²) >= 11 is 0. The van der Waals surface area contributed by atoms with Crippen LogP contribution in [0.2, 0.25) is 0 Å². The summed E-state index contributed by atoms with van der Waals surface area (Å²) < 4.78 is 35.7. The number of benzene rings is 4. The lowest BCUT2D eigenvalue weighted by molar-refractivity contribution is 0.0597. The molecule has 0 aliphatic heterocycles. The molecule has 0 unspecified atom stereocenters. The monoisotopic (exact) mass is 488 g/mol. The van der Waals surface area contributed by atoms with Crippen LogP contribution in [0.15, 0.2) is 78.9 Å². The van der Waals surface area contributed by atoms with Crippen molar-refractivity contribution < 1.29 is 33.2 Å². The van der Waals surface area contributed by atoms with Crippen LogP contribution in [0.5, 0.6) is 23.0 Å². The number of hydrogen-bond acceptors (Lipinski definition) is 6. The first-order valence-corrected chi connectivity index (χ1v) is 11.1. The fourth-order valence-electron chi connectivity index (χ4n) is 3.97. The normalized spacial score (nSPS) is 10.6. The standard InChI is InChI=1S/C29H25FO6/c1-33-25-16-22(19-9-12-21(30)13-10-19)28(34-2)27(29(32)35-3)26(25)20-11-14-24(23(31)15-20)36-17-18-7-5-4-6-8-18/h4-16,31H,17H2,1-3H3. The van der Waals surface area contributed by atoms with Gasteiger partial charge in [-0.25, -0.2) is 9.18 Å². The van der Waals surface area contributed by atoms with E-state index in [0.717, 1.165) is 5.56 Å². The maximum absolute atomic E-state index is 13.5. The highest BCUT2D eigenvalue weighted by molar-refractivity contribution is 6.05. The van der Waals surface area contributed by atoms with E-state index >= 15 is 0 Å². The highest BCUT2D eigenvalue weighted by Crippen LogP contribution is 2.46. The molecule has 0 amide bonds. The topological polar surface area (TPSA) is 74.2 Å². The van der Waals surface area contributed by atoms with Crippen LogP contribution in [-0.4, -0.2) is 32.4 Å². The highest BCUT2D eigenvalue weighted by atomic mass is 19.1. The minimum atomic E-state index is -0.659. The Morgan fingerprint density at radius 1 is 0.833 bits per heavy atom. The van der Waals surface area contributed by atoms with Crippen molar-refractivity contribution in [2.75, 3.05) is 21.3 Å². The van der Waals surface area contributed by atoms with Crippen molar-refractivity contribution in [1.82, 2.24) is 0 Å². The number of rotatable bonds is 8. The Kier molecular flexibility index (Phi) is 7.39. The first kappa shape index (κ1) is 24.6. The zero-order valence-electron chi connectivity index (χ0n) is 20.1. The molecule has 7 heteroatoms. The number of hydrogen-bond donors (Lipinski definition) is 1. The quantitative estimate of drug-likeness (QED) is 0.296. The van der Waals surface area contributed by atoms with E-state index in [9.17, 15) is 14.3 Å². The number of ether oxygens (including phenoxy) is 4. The summed E-state index contributed by atoms with van der Waals surface area (Å²) in [5.74, 6) is -0.299. The number of esters is 1. The minimum absolute atomic E-state index is 0.107. The Balaban J connectivity index is 1.83. The summed E-state index contributed by atoms with van der Waals surface area (Å²) in [6.45, 7) is 0.282. The number of phenols is 1. The van der Waals surface area contributed by atoms with E-state index in [0.29, 0.717) is 28.0 Å². The first-order chi connectivity index (χ1) is 17.5. The average Bonchev–Trinajstić information content (AvgIpc) is 2.91. The largest absolute Gasteiger partial charge is 0.504 e. The molecule has 184 valence electrons. The molecule has 0 saturated carbocycles. The van der Waals surface area contributed by atoms with Gasteiger partial charge < -0.3 is 24.1 Å². The molecule has 0 aliphatic carbocycles. The number of aromatic hydroxyl groups is 1. The molecular weight excluding hydrogens is 463 g/mol. The fourth-order valence-corrected chi connectivity index (χ4v) is 3.97. The second kappa shape index (κ2) is 10.8. The number of halogens is 1. The first-order valence-electron chi connectivity index (χ1n) is 11.1. The van der Waals surface area contributed by atoms with Crippen LogP contribution in [-0.2, 0) is 11.3 Å². The van der Waals surface area contributed by atoms with Gasteiger partial charge in [0.25, 0.3) is 0 Å². The van der Waals surface area contributed by atoms with E-state index in [2.05, 4.69) is 0 Å². The molecule has 1 N–H and O–H groups in total. The maximum Gasteiger partial charge on any atom is 0.342 e. The third kappa shape index (κ3) is 4.95. The lowest BCUT2D eigenvalue weighted by Gasteiger charge is -2.20. The van der Waals surface area contributed by atoms with Gasteiger partial charge in [0.2, 0.25) is 0 Å². The maximum atomic E-state index is 13.5. The predicted molar refractivity (Wildman–Crippen MR) is 134 cm³/mol. The highest BCUT2D eigenvalue weighted by Gasteiger charge is 2.28. The molecule has 4 rings (SSSR count). The Morgan fingerprint density at radius 3 is 2.14 bits per heavy atom. The van der Waals surface area contributed by atoms with Gasteiger partial charge in [-0.3, -0.25) is 0 Å². The van der Waals surface area contributed by atoms with Crippen molar-refractivity contribution in [2.24, 2.45) is 0 Å². The lowest BCUT2D eigenvalue weighted by Crippen LogP contribution is -2.09. The average molecular weight is 489 g/mol. The van der Waals surface area contributed by atoms with Gasteiger partial charge >= 0.3 is 5.97 Å². The van der Waals surface area contributed by atoms with Crippen molar-refractivity contribution >= 4 is 5.97 Å². The van der Waals surface area contributed by atoms with Gasteiger partial charge in [0, 0.05) is 11.1 Å². The zero-order valence-corrected chi connectivity index (χ0v) is 20.1. The Morgan fingerprint density at radius 2 is 1.53 bits per heavy atom. The van der Waals surface area contributed by atoms with Gasteiger partial charge in [-0.2, -0.15) is 0 Å². The molecule has 0 saturated heterocycles. The van der Waals surface area contributed by atoms with Gasteiger partial charge in [0.05, 0.1) is 21.3 Å². The summed E-state index contributed by atoms with van der Waals surface area (Å²) in [7, 11) is 4.17. The number of carbonyl (C=O) groups excluding carboxylic acids is 1. The van der Waals surface area contributed by atoms with E-state index in [4.69, 9.17) is 18.9 Å². The summed E-state index contributed by atoms with van der Waals surface area (Å²) in [6.07, 6.45) is 0. The summed E-state index contributed by atoms with van der Waals surface area (Å²) in [6, 6.07) is 21.9. The van der Waals surface area contributed by atoms with Gasteiger partial charge in [0.15, 0.2) is 11.5 Å². The number of carbonyl (C=O) groups is 1. The molecule has 0 fully saturated rings. The molecule has 4 aromatic carbocycles. The second-order valence-corrected chi connectivity index (χ2v) is 7.86. The summed E-state index contributed by atoms with van der Waals surface area (Å²) in [5.41, 5.74) is 3.06. The van der Waals surface area contributed by atoms with Crippen molar-refractivity contribution in [3.8, 4) is 45.3 Å². The molecule has 4 aromatic rings. The van der Waals surface area contributed by atoms with Crippen LogP contribution in [0.25, 0.3) is 22.3 Å². The fraction of sp³-hybridized carbons (Fsp3) is 0.138. The Labute approximate surface area is 208 Å². The van der Waals surface area contributed by atoms with Crippen LogP contribution in [0.4, 0.5) is 4.39 Å². The predicted octanol–water partition coefficient (Wildman–Crippen LogP) is 6.25. The van der Waals surface area contributed by atoms with Gasteiger partial charge in [-0.1, -0.05) is 48.5 Å². The minimum Gasteiger partial charge on any atom is -0.504 e. The van der Waals surface area contributed by atoms with Crippen LogP contribution in [0, 0.1) is 5.82 Å². The molecule has 6 nitrogen and oxygen atoms in total. The number of methoxy groups -OCH3 is 3. The Hall–Kier alpha value is -4.52. The van der Waals surface area contributed by atoms with E-state index in [-0.39, 0.29) is 35.2 Å². The van der Waals surface area contributed by atoms with Gasteiger partial charge in [0.1, 0.15) is 29.5 Å². The zero-order chi connectivity index (χ0) is 25.7. The van der Waals surface area contributed by atoms with E-state index in [1.807, 2.05) is 30.3 Å². The Bertz CT molecular complexity index is 1370. The molecule has 0 bridgehead atoms.